The van der Waals surface area contributed by atoms with Gasteiger partial charge in [-0.2, -0.15) is 0 Å². The zero-order valence-corrected chi connectivity index (χ0v) is 21.1. The van der Waals surface area contributed by atoms with Crippen molar-refractivity contribution in [3.05, 3.63) is 95.6 Å². The van der Waals surface area contributed by atoms with Gasteiger partial charge in [-0.25, -0.2) is 4.79 Å². The summed E-state index contributed by atoms with van der Waals surface area (Å²) in [6.07, 6.45) is 0.356. The van der Waals surface area contributed by atoms with Crippen LogP contribution in [-0.2, 0) is 16.0 Å². The molecule has 1 heterocycles. The van der Waals surface area contributed by atoms with Crippen LogP contribution in [0.5, 0.6) is 11.5 Å². The largest absolute Gasteiger partial charge is 0.497 e. The van der Waals surface area contributed by atoms with E-state index >= 15 is 0 Å². The second kappa shape index (κ2) is 11.3. The number of imide groups is 1. The first-order valence-corrected chi connectivity index (χ1v) is 11.9. The highest BCUT2D eigenvalue weighted by Gasteiger charge is 2.47. The zero-order valence-electron chi connectivity index (χ0n) is 21.1. The van der Waals surface area contributed by atoms with Gasteiger partial charge in [0.1, 0.15) is 11.5 Å². The number of rotatable bonds is 9. The van der Waals surface area contributed by atoms with E-state index in [2.05, 4.69) is 0 Å². The third-order valence-electron chi connectivity index (χ3n) is 6.78. The molecule has 7 heteroatoms. The molecule has 1 fully saturated rings. The van der Waals surface area contributed by atoms with E-state index < -0.39 is 12.0 Å². The summed E-state index contributed by atoms with van der Waals surface area (Å²) in [5.74, 6) is 0.471. The first-order valence-electron chi connectivity index (χ1n) is 11.9. The van der Waals surface area contributed by atoms with Crippen molar-refractivity contribution in [3.8, 4) is 11.5 Å². The summed E-state index contributed by atoms with van der Waals surface area (Å²) in [6.45, 7) is 2.07. The van der Waals surface area contributed by atoms with Crippen LogP contribution in [0.3, 0.4) is 0 Å². The molecule has 4 rings (SSSR count). The van der Waals surface area contributed by atoms with Crippen molar-refractivity contribution < 1.29 is 23.8 Å². The summed E-state index contributed by atoms with van der Waals surface area (Å²) >= 11 is 0. The summed E-state index contributed by atoms with van der Waals surface area (Å²) in [4.78, 5) is 30.8. The molecule has 0 aromatic heterocycles. The molecule has 0 radical (unpaired) electrons. The van der Waals surface area contributed by atoms with Gasteiger partial charge in [0.25, 0.3) is 0 Å². The topological polar surface area (TPSA) is 68.3 Å². The molecule has 0 bridgehead atoms. The van der Waals surface area contributed by atoms with Gasteiger partial charge in [-0.15, -0.1) is 0 Å². The van der Waals surface area contributed by atoms with E-state index in [4.69, 9.17) is 14.2 Å². The van der Waals surface area contributed by atoms with E-state index in [9.17, 15) is 9.59 Å². The Bertz CT molecular complexity index is 1180. The minimum absolute atomic E-state index is 0.0984. The summed E-state index contributed by atoms with van der Waals surface area (Å²) in [7, 11) is 4.91. The maximum Gasteiger partial charge on any atom is 0.327 e. The predicted octanol–water partition coefficient (Wildman–Crippen LogP) is 5.03. The lowest BCUT2D eigenvalue weighted by Gasteiger charge is -2.28. The molecule has 0 spiro atoms. The molecule has 1 aliphatic heterocycles. The Morgan fingerprint density at radius 2 is 1.61 bits per heavy atom. The molecule has 0 unspecified atom stereocenters. The molecule has 3 aromatic carbocycles. The lowest BCUT2D eigenvalue weighted by molar-refractivity contribution is -0.131. The molecule has 3 aromatic rings. The Hall–Kier alpha value is -3.84. The van der Waals surface area contributed by atoms with Crippen molar-refractivity contribution in [1.82, 2.24) is 9.80 Å². The normalized spacial score (nSPS) is 18.3. The number of hydrogen-bond acceptors (Lipinski definition) is 5. The Balaban J connectivity index is 1.76. The van der Waals surface area contributed by atoms with Crippen LogP contribution >= 0.6 is 0 Å². The highest BCUT2D eigenvalue weighted by Crippen LogP contribution is 2.38. The van der Waals surface area contributed by atoms with E-state index in [1.54, 1.807) is 26.2 Å². The van der Waals surface area contributed by atoms with E-state index in [1.165, 1.54) is 4.90 Å². The molecule has 0 saturated carbocycles. The van der Waals surface area contributed by atoms with Crippen LogP contribution in [0.2, 0.25) is 0 Å². The van der Waals surface area contributed by atoms with Crippen LogP contribution in [0.1, 0.15) is 35.6 Å². The van der Waals surface area contributed by atoms with Crippen LogP contribution in [0.25, 0.3) is 0 Å². The molecule has 1 saturated heterocycles. The zero-order chi connectivity index (χ0) is 25.7. The fourth-order valence-corrected chi connectivity index (χ4v) is 4.71. The molecule has 0 N–H and O–H groups in total. The predicted molar refractivity (Wildman–Crippen MR) is 137 cm³/mol. The maximum absolute atomic E-state index is 14.3. The Labute approximate surface area is 212 Å². The van der Waals surface area contributed by atoms with Crippen LogP contribution in [0, 0.1) is 0 Å². The average molecular weight is 489 g/mol. The molecule has 3 atom stereocenters. The van der Waals surface area contributed by atoms with Crippen molar-refractivity contribution in [3.63, 3.8) is 0 Å². The number of carbonyl (C=O) groups is 2. The highest BCUT2D eigenvalue weighted by atomic mass is 16.7. The van der Waals surface area contributed by atoms with Gasteiger partial charge >= 0.3 is 6.03 Å². The number of methoxy groups -OCH3 is 2. The minimum atomic E-state index is -0.614. The first-order chi connectivity index (χ1) is 17.5. The van der Waals surface area contributed by atoms with Crippen LogP contribution < -0.4 is 9.47 Å². The van der Waals surface area contributed by atoms with Gasteiger partial charge < -0.3 is 19.1 Å². The van der Waals surface area contributed by atoms with Crippen molar-refractivity contribution in [1.29, 1.82) is 0 Å². The quantitative estimate of drug-likeness (QED) is 0.395. The SMILES string of the molecule is COCOc1ccccc1C[C@@H](C(=O)N1C(=O)N(C)[C@@H](C)[C@H]1c1ccccc1)c1ccc(OC)cc1. The number of hydrogen-bond donors (Lipinski definition) is 0. The molecular formula is C29H32N2O5. The third-order valence-corrected chi connectivity index (χ3v) is 6.78. The molecular weight excluding hydrogens is 456 g/mol. The number of ether oxygens (including phenoxy) is 3. The number of benzene rings is 3. The Morgan fingerprint density at radius 1 is 0.944 bits per heavy atom. The molecule has 0 aliphatic carbocycles. The summed E-state index contributed by atoms with van der Waals surface area (Å²) in [5, 5.41) is 0. The minimum Gasteiger partial charge on any atom is -0.497 e. The maximum atomic E-state index is 14.3. The number of urea groups is 1. The Morgan fingerprint density at radius 3 is 2.28 bits per heavy atom. The average Bonchev–Trinajstić information content (AvgIpc) is 3.15. The molecule has 7 nitrogen and oxygen atoms in total. The fraction of sp³-hybridized carbons (Fsp3) is 0.310. The standard InChI is InChI=1S/C29H32N2O5/c1-20-27(22-10-6-5-7-11-22)31(29(33)30(20)2)28(32)25(21-14-16-24(35-4)17-15-21)18-23-12-8-9-13-26(23)36-19-34-3/h5-17,20,25,27H,18-19H2,1-4H3/t20-,25+,27-/m0/s1. The van der Waals surface area contributed by atoms with Crippen molar-refractivity contribution in [2.24, 2.45) is 0 Å². The number of nitrogens with zero attached hydrogens (tertiary/aromatic N) is 2. The van der Waals surface area contributed by atoms with E-state index in [0.717, 1.165) is 16.7 Å². The summed E-state index contributed by atoms with van der Waals surface area (Å²) in [5.41, 5.74) is 2.57. The molecule has 3 amide bonds. The highest BCUT2D eigenvalue weighted by molar-refractivity contribution is 6.00. The van der Waals surface area contributed by atoms with Gasteiger partial charge in [0.15, 0.2) is 6.79 Å². The second-order valence-corrected chi connectivity index (χ2v) is 8.89. The number of amides is 3. The van der Waals surface area contributed by atoms with Crippen molar-refractivity contribution in [2.45, 2.75) is 31.3 Å². The molecule has 188 valence electrons. The van der Waals surface area contributed by atoms with Gasteiger partial charge in [0, 0.05) is 14.2 Å². The number of carbonyl (C=O) groups excluding carboxylic acids is 2. The van der Waals surface area contributed by atoms with E-state index in [-0.39, 0.29) is 24.8 Å². The van der Waals surface area contributed by atoms with E-state index in [0.29, 0.717) is 17.9 Å². The third kappa shape index (κ3) is 5.06. The summed E-state index contributed by atoms with van der Waals surface area (Å²) < 4.78 is 16.2. The molecule has 36 heavy (non-hydrogen) atoms. The van der Waals surface area contributed by atoms with Crippen LogP contribution in [0.15, 0.2) is 78.9 Å². The van der Waals surface area contributed by atoms with Crippen molar-refractivity contribution >= 4 is 11.9 Å². The second-order valence-electron chi connectivity index (χ2n) is 8.89. The van der Waals surface area contributed by atoms with Crippen LogP contribution in [0.4, 0.5) is 4.79 Å². The van der Waals surface area contributed by atoms with Gasteiger partial charge in [0.05, 0.1) is 25.1 Å². The monoisotopic (exact) mass is 488 g/mol. The van der Waals surface area contributed by atoms with Crippen LogP contribution in [-0.4, -0.2) is 55.8 Å². The fourth-order valence-electron chi connectivity index (χ4n) is 4.71. The van der Waals surface area contributed by atoms with Gasteiger partial charge in [-0.3, -0.25) is 9.69 Å². The van der Waals surface area contributed by atoms with Gasteiger partial charge in [-0.1, -0.05) is 60.7 Å². The van der Waals surface area contributed by atoms with Gasteiger partial charge in [-0.05, 0) is 48.2 Å². The number of para-hydroxylation sites is 1. The molecule has 1 aliphatic rings. The lowest BCUT2D eigenvalue weighted by atomic mass is 9.89. The van der Waals surface area contributed by atoms with Gasteiger partial charge in [0.2, 0.25) is 5.91 Å². The first kappa shape index (κ1) is 25.3. The van der Waals surface area contributed by atoms with Crippen molar-refractivity contribution in [2.75, 3.05) is 28.1 Å². The van der Waals surface area contributed by atoms with E-state index in [1.807, 2.05) is 85.8 Å². The number of likely N-dealkylation sites (N-methyl/N-ethyl adjacent to an activating group) is 1. The smallest absolute Gasteiger partial charge is 0.327 e. The summed E-state index contributed by atoms with van der Waals surface area (Å²) in [6, 6.07) is 23.9. The lowest BCUT2D eigenvalue weighted by Crippen LogP contribution is -2.40. The Kier molecular flexibility index (Phi) is 7.90.